The summed E-state index contributed by atoms with van der Waals surface area (Å²) >= 11 is 6.18. The van der Waals surface area contributed by atoms with Gasteiger partial charge >= 0.3 is 0 Å². The number of hydrazine groups is 1. The molecule has 1 aromatic rings. The number of halogens is 1. The fourth-order valence-corrected chi connectivity index (χ4v) is 4.67. The quantitative estimate of drug-likeness (QED) is 0.641. The van der Waals surface area contributed by atoms with Gasteiger partial charge in [0.25, 0.3) is 0 Å². The average Bonchev–Trinajstić information content (AvgIpc) is 2.85. The maximum absolute atomic E-state index is 11.6. The summed E-state index contributed by atoms with van der Waals surface area (Å²) in [7, 11) is -2.96. The molecule has 2 atom stereocenters. The second kappa shape index (κ2) is 5.40. The van der Waals surface area contributed by atoms with Crippen molar-refractivity contribution in [2.24, 2.45) is 11.8 Å². The third-order valence-electron chi connectivity index (χ3n) is 3.49. The molecule has 0 saturated carbocycles. The molecule has 108 valence electrons. The van der Waals surface area contributed by atoms with E-state index in [1.807, 2.05) is 13.8 Å². The van der Waals surface area contributed by atoms with Gasteiger partial charge in [0, 0.05) is 6.04 Å². The van der Waals surface area contributed by atoms with Crippen LogP contribution in [-0.4, -0.2) is 29.7 Å². The first-order valence-corrected chi connectivity index (χ1v) is 8.45. The molecule has 0 bridgehead atoms. The molecule has 0 aromatic carbocycles. The Hall–Kier alpha value is -0.630. The summed E-state index contributed by atoms with van der Waals surface area (Å²) in [6.45, 7) is 3.98. The summed E-state index contributed by atoms with van der Waals surface area (Å²) < 4.78 is 25.0. The van der Waals surface area contributed by atoms with Crippen molar-refractivity contribution in [3.05, 3.63) is 16.9 Å². The molecule has 1 fully saturated rings. The lowest BCUT2D eigenvalue weighted by molar-refractivity contribution is 0.361. The van der Waals surface area contributed by atoms with E-state index in [4.69, 9.17) is 17.4 Å². The molecule has 0 amide bonds. The Morgan fingerprint density at radius 1 is 1.58 bits per heavy atom. The molecule has 1 aliphatic heterocycles. The van der Waals surface area contributed by atoms with Crippen LogP contribution in [0.25, 0.3) is 0 Å². The Labute approximate surface area is 118 Å². The number of nitrogens with zero attached hydrogens (tertiary/aromatic N) is 2. The summed E-state index contributed by atoms with van der Waals surface area (Å²) in [5.41, 5.74) is 3.48. The monoisotopic (exact) mass is 306 g/mol. The minimum atomic E-state index is -2.96. The van der Waals surface area contributed by atoms with Gasteiger partial charge in [0.05, 0.1) is 34.5 Å². The van der Waals surface area contributed by atoms with E-state index >= 15 is 0 Å². The van der Waals surface area contributed by atoms with Crippen LogP contribution < -0.4 is 11.3 Å². The zero-order valence-corrected chi connectivity index (χ0v) is 12.6. The number of nitrogens with two attached hydrogens (primary N) is 1. The normalized spacial score (nSPS) is 23.9. The van der Waals surface area contributed by atoms with E-state index in [0.717, 1.165) is 5.69 Å². The number of sulfone groups is 1. The predicted molar refractivity (Wildman–Crippen MR) is 74.4 cm³/mol. The SMILES string of the molecule is CC(C)n1ncc(Cl)c1C(NN)C1CCS(=O)(=O)C1. The maximum atomic E-state index is 11.6. The molecule has 1 aliphatic rings. The van der Waals surface area contributed by atoms with E-state index < -0.39 is 9.84 Å². The third kappa shape index (κ3) is 2.94. The predicted octanol–water partition coefficient (Wildman–Crippen LogP) is 1.06. The highest BCUT2D eigenvalue weighted by Gasteiger charge is 2.36. The van der Waals surface area contributed by atoms with Crippen molar-refractivity contribution in [3.63, 3.8) is 0 Å². The topological polar surface area (TPSA) is 90.0 Å². The third-order valence-corrected chi connectivity index (χ3v) is 5.57. The van der Waals surface area contributed by atoms with Gasteiger partial charge in [-0.3, -0.25) is 16.0 Å². The van der Waals surface area contributed by atoms with Crippen LogP contribution in [-0.2, 0) is 9.84 Å². The Bertz CT molecular complexity index is 555. The van der Waals surface area contributed by atoms with Gasteiger partial charge < -0.3 is 0 Å². The molecule has 1 aromatic heterocycles. The first kappa shape index (κ1) is 14.8. The molecular formula is C11H19ClN4O2S. The molecule has 0 radical (unpaired) electrons. The van der Waals surface area contributed by atoms with Crippen molar-refractivity contribution >= 4 is 21.4 Å². The van der Waals surface area contributed by atoms with E-state index in [1.165, 1.54) is 0 Å². The summed E-state index contributed by atoms with van der Waals surface area (Å²) in [5.74, 6) is 5.91. The molecule has 6 nitrogen and oxygen atoms in total. The highest BCUT2D eigenvalue weighted by molar-refractivity contribution is 7.91. The van der Waals surface area contributed by atoms with Crippen molar-refractivity contribution in [2.75, 3.05) is 11.5 Å². The fourth-order valence-electron chi connectivity index (χ4n) is 2.58. The number of aromatic nitrogens is 2. The van der Waals surface area contributed by atoms with Crippen LogP contribution in [0.4, 0.5) is 0 Å². The van der Waals surface area contributed by atoms with Crippen LogP contribution in [0.5, 0.6) is 0 Å². The van der Waals surface area contributed by atoms with E-state index in [0.29, 0.717) is 11.4 Å². The molecule has 0 aliphatic carbocycles. The molecule has 2 rings (SSSR count). The molecule has 2 heterocycles. The van der Waals surface area contributed by atoms with Gasteiger partial charge in [-0.25, -0.2) is 8.42 Å². The number of hydrogen-bond acceptors (Lipinski definition) is 5. The summed E-state index contributed by atoms with van der Waals surface area (Å²) in [6.07, 6.45) is 2.17. The van der Waals surface area contributed by atoms with Crippen LogP contribution in [0.15, 0.2) is 6.20 Å². The summed E-state index contributed by atoms with van der Waals surface area (Å²) in [5, 5.41) is 4.75. The van der Waals surface area contributed by atoms with Crippen LogP contribution >= 0.6 is 11.6 Å². The second-order valence-corrected chi connectivity index (χ2v) is 7.86. The minimum Gasteiger partial charge on any atom is -0.271 e. The highest BCUT2D eigenvalue weighted by atomic mass is 35.5. The fraction of sp³-hybridized carbons (Fsp3) is 0.727. The van der Waals surface area contributed by atoms with Gasteiger partial charge in [-0.2, -0.15) is 5.10 Å². The summed E-state index contributed by atoms with van der Waals surface area (Å²) in [4.78, 5) is 0. The molecule has 8 heteroatoms. The average molecular weight is 307 g/mol. The van der Waals surface area contributed by atoms with Gasteiger partial charge in [-0.15, -0.1) is 0 Å². The standard InChI is InChI=1S/C11H19ClN4O2S/c1-7(2)16-11(9(12)5-14-16)10(15-13)8-3-4-19(17,18)6-8/h5,7-8,10,15H,3-4,6,13H2,1-2H3. The molecule has 0 spiro atoms. The van der Waals surface area contributed by atoms with E-state index in [9.17, 15) is 8.42 Å². The number of hydrogen-bond donors (Lipinski definition) is 2. The molecular weight excluding hydrogens is 288 g/mol. The number of rotatable bonds is 4. The lowest BCUT2D eigenvalue weighted by Crippen LogP contribution is -2.36. The van der Waals surface area contributed by atoms with E-state index in [2.05, 4.69) is 10.5 Å². The lowest BCUT2D eigenvalue weighted by Gasteiger charge is -2.24. The zero-order valence-electron chi connectivity index (χ0n) is 11.0. The van der Waals surface area contributed by atoms with Crippen molar-refractivity contribution < 1.29 is 8.42 Å². The van der Waals surface area contributed by atoms with Crippen LogP contribution in [0.2, 0.25) is 5.02 Å². The zero-order chi connectivity index (χ0) is 14.2. The second-order valence-electron chi connectivity index (χ2n) is 5.22. The van der Waals surface area contributed by atoms with Crippen LogP contribution in [0, 0.1) is 5.92 Å². The molecule has 2 unspecified atom stereocenters. The Morgan fingerprint density at radius 3 is 2.74 bits per heavy atom. The van der Waals surface area contributed by atoms with Crippen LogP contribution in [0.3, 0.4) is 0 Å². The van der Waals surface area contributed by atoms with E-state index in [1.54, 1.807) is 10.9 Å². The molecule has 19 heavy (non-hydrogen) atoms. The Kier molecular flexibility index (Phi) is 4.20. The lowest BCUT2D eigenvalue weighted by atomic mass is 9.96. The Balaban J connectivity index is 2.35. The van der Waals surface area contributed by atoms with Crippen LogP contribution in [0.1, 0.15) is 38.0 Å². The largest absolute Gasteiger partial charge is 0.271 e. The van der Waals surface area contributed by atoms with Gasteiger partial charge in [0.2, 0.25) is 0 Å². The molecule has 1 saturated heterocycles. The highest BCUT2D eigenvalue weighted by Crippen LogP contribution is 2.35. The van der Waals surface area contributed by atoms with E-state index in [-0.39, 0.29) is 29.5 Å². The first-order valence-electron chi connectivity index (χ1n) is 6.25. The first-order chi connectivity index (χ1) is 8.85. The van der Waals surface area contributed by atoms with Crippen molar-refractivity contribution in [3.8, 4) is 0 Å². The van der Waals surface area contributed by atoms with Crippen molar-refractivity contribution in [1.29, 1.82) is 0 Å². The summed E-state index contributed by atoms with van der Waals surface area (Å²) in [6, 6.07) is -0.161. The van der Waals surface area contributed by atoms with Gasteiger partial charge in [-0.1, -0.05) is 11.6 Å². The van der Waals surface area contributed by atoms with Crippen molar-refractivity contribution in [1.82, 2.24) is 15.2 Å². The van der Waals surface area contributed by atoms with Gasteiger partial charge in [0.1, 0.15) is 0 Å². The maximum Gasteiger partial charge on any atom is 0.150 e. The van der Waals surface area contributed by atoms with Gasteiger partial charge in [0.15, 0.2) is 9.84 Å². The van der Waals surface area contributed by atoms with Gasteiger partial charge in [-0.05, 0) is 26.2 Å². The van der Waals surface area contributed by atoms with Crippen molar-refractivity contribution in [2.45, 2.75) is 32.4 Å². The smallest absolute Gasteiger partial charge is 0.150 e. The minimum absolute atomic E-state index is 0.0679. The number of nitrogens with one attached hydrogen (secondary N) is 1. The Morgan fingerprint density at radius 2 is 2.26 bits per heavy atom. The molecule has 3 N–H and O–H groups in total.